The van der Waals surface area contributed by atoms with Gasteiger partial charge in [-0.2, -0.15) is 0 Å². The van der Waals surface area contributed by atoms with Crippen molar-refractivity contribution in [3.8, 4) is 11.1 Å². The van der Waals surface area contributed by atoms with Gasteiger partial charge in [0.2, 0.25) is 5.91 Å². The van der Waals surface area contributed by atoms with Gasteiger partial charge in [0, 0.05) is 29.8 Å². The van der Waals surface area contributed by atoms with Crippen molar-refractivity contribution >= 4 is 5.91 Å². The lowest BCUT2D eigenvalue weighted by molar-refractivity contribution is -0.121. The van der Waals surface area contributed by atoms with E-state index < -0.39 is 0 Å². The lowest BCUT2D eigenvalue weighted by Crippen LogP contribution is -2.22. The van der Waals surface area contributed by atoms with Crippen molar-refractivity contribution in [3.05, 3.63) is 54.4 Å². The number of aromatic nitrogens is 1. The van der Waals surface area contributed by atoms with E-state index in [1.807, 2.05) is 49.4 Å². The average Bonchev–Trinajstić information content (AvgIpc) is 2.40. The quantitative estimate of drug-likeness (QED) is 0.892. The number of hydrogen-bond donors (Lipinski definition) is 1. The molecule has 0 fully saturated rings. The number of rotatable bonds is 4. The third-order valence-corrected chi connectivity index (χ3v) is 2.96. The van der Waals surface area contributed by atoms with Gasteiger partial charge in [-0.05, 0) is 11.6 Å². The summed E-state index contributed by atoms with van der Waals surface area (Å²) in [7, 11) is 0. The predicted molar refractivity (Wildman–Crippen MR) is 71.7 cm³/mol. The van der Waals surface area contributed by atoms with Crippen LogP contribution < -0.4 is 5.73 Å². The molecule has 0 saturated heterocycles. The van der Waals surface area contributed by atoms with Crippen LogP contribution in [0.15, 0.2) is 48.7 Å². The molecule has 1 amide bonds. The fraction of sp³-hybridized carbons (Fsp3) is 0.200. The zero-order valence-corrected chi connectivity index (χ0v) is 10.3. The van der Waals surface area contributed by atoms with E-state index in [0.29, 0.717) is 6.42 Å². The zero-order chi connectivity index (χ0) is 13.0. The Morgan fingerprint density at radius 2 is 1.94 bits per heavy atom. The molecule has 2 rings (SSSR count). The minimum atomic E-state index is -0.292. The number of primary amides is 1. The van der Waals surface area contributed by atoms with Crippen LogP contribution in [0.2, 0.25) is 0 Å². The molecule has 1 aromatic carbocycles. The van der Waals surface area contributed by atoms with Gasteiger partial charge in [-0.3, -0.25) is 9.78 Å². The van der Waals surface area contributed by atoms with Crippen LogP contribution in [0.5, 0.6) is 0 Å². The molecule has 18 heavy (non-hydrogen) atoms. The number of nitrogens with two attached hydrogens (primary N) is 1. The minimum absolute atomic E-state index is 0.206. The van der Waals surface area contributed by atoms with Gasteiger partial charge < -0.3 is 5.73 Å². The summed E-state index contributed by atoms with van der Waals surface area (Å²) < 4.78 is 0. The summed E-state index contributed by atoms with van der Waals surface area (Å²) >= 11 is 0. The van der Waals surface area contributed by atoms with E-state index in [9.17, 15) is 4.79 Å². The van der Waals surface area contributed by atoms with Crippen LogP contribution in [0, 0.1) is 5.92 Å². The Kier molecular flexibility index (Phi) is 3.72. The van der Waals surface area contributed by atoms with E-state index in [4.69, 9.17) is 5.73 Å². The number of benzene rings is 1. The first kappa shape index (κ1) is 12.3. The highest BCUT2D eigenvalue weighted by atomic mass is 16.1. The zero-order valence-electron chi connectivity index (χ0n) is 10.3. The van der Waals surface area contributed by atoms with Gasteiger partial charge in [-0.25, -0.2) is 0 Å². The van der Waals surface area contributed by atoms with Gasteiger partial charge >= 0.3 is 0 Å². The Morgan fingerprint density at radius 3 is 2.61 bits per heavy atom. The fourth-order valence-electron chi connectivity index (χ4n) is 1.87. The van der Waals surface area contributed by atoms with Crippen molar-refractivity contribution in [2.75, 3.05) is 0 Å². The third kappa shape index (κ3) is 2.74. The number of carbonyl (C=O) groups is 1. The number of nitrogens with zero attached hydrogens (tertiary/aromatic N) is 1. The second kappa shape index (κ2) is 5.45. The highest BCUT2D eigenvalue weighted by Crippen LogP contribution is 2.23. The smallest absolute Gasteiger partial charge is 0.220 e. The van der Waals surface area contributed by atoms with E-state index in [1.165, 1.54) is 0 Å². The van der Waals surface area contributed by atoms with Crippen molar-refractivity contribution in [2.24, 2.45) is 11.7 Å². The topological polar surface area (TPSA) is 56.0 Å². The molecule has 0 aliphatic heterocycles. The Balaban J connectivity index is 2.35. The molecular weight excluding hydrogens is 224 g/mol. The van der Waals surface area contributed by atoms with Crippen molar-refractivity contribution in [2.45, 2.75) is 13.3 Å². The summed E-state index contributed by atoms with van der Waals surface area (Å²) in [5, 5.41) is 0. The summed E-state index contributed by atoms with van der Waals surface area (Å²) in [6.07, 6.45) is 2.32. The summed E-state index contributed by atoms with van der Waals surface area (Å²) in [4.78, 5) is 15.5. The number of carbonyl (C=O) groups excluding carboxylic acids is 1. The molecule has 3 nitrogen and oxygen atoms in total. The minimum Gasteiger partial charge on any atom is -0.369 e. The van der Waals surface area contributed by atoms with Gasteiger partial charge in [0.15, 0.2) is 0 Å². The Hall–Kier alpha value is -2.16. The van der Waals surface area contributed by atoms with E-state index in [-0.39, 0.29) is 11.8 Å². The molecule has 2 aromatic rings. The molecule has 0 spiro atoms. The molecule has 3 heteroatoms. The molecule has 0 radical (unpaired) electrons. The van der Waals surface area contributed by atoms with Crippen LogP contribution in [0.4, 0.5) is 0 Å². The van der Waals surface area contributed by atoms with Gasteiger partial charge in [-0.15, -0.1) is 0 Å². The second-order valence-electron chi connectivity index (χ2n) is 4.37. The molecular formula is C15H16N2O. The second-order valence-corrected chi connectivity index (χ2v) is 4.37. The molecule has 2 N–H and O–H groups in total. The van der Waals surface area contributed by atoms with Crippen molar-refractivity contribution in [1.82, 2.24) is 4.98 Å². The van der Waals surface area contributed by atoms with Crippen molar-refractivity contribution < 1.29 is 4.79 Å². The van der Waals surface area contributed by atoms with E-state index in [1.54, 1.807) is 6.20 Å². The molecule has 1 heterocycles. The van der Waals surface area contributed by atoms with Gasteiger partial charge in [0.25, 0.3) is 0 Å². The number of amides is 1. The highest BCUT2D eigenvalue weighted by molar-refractivity contribution is 5.77. The van der Waals surface area contributed by atoms with Crippen LogP contribution >= 0.6 is 0 Å². The van der Waals surface area contributed by atoms with Gasteiger partial charge in [0.05, 0.1) is 0 Å². The van der Waals surface area contributed by atoms with Crippen molar-refractivity contribution in [3.63, 3.8) is 0 Å². The largest absolute Gasteiger partial charge is 0.369 e. The Morgan fingerprint density at radius 1 is 1.22 bits per heavy atom. The summed E-state index contributed by atoms with van der Waals surface area (Å²) in [5.74, 6) is -0.498. The number of pyridine rings is 1. The average molecular weight is 240 g/mol. The van der Waals surface area contributed by atoms with Gasteiger partial charge in [0.1, 0.15) is 0 Å². The standard InChI is InChI=1S/C15H16N2O/c1-11(15(16)18)10-14-13(8-5-9-17-14)12-6-3-2-4-7-12/h2-9,11H,10H2,1H3,(H2,16,18). The molecule has 0 saturated carbocycles. The first-order valence-electron chi connectivity index (χ1n) is 5.97. The Bertz CT molecular complexity index is 537. The number of hydrogen-bond acceptors (Lipinski definition) is 2. The Labute approximate surface area is 107 Å². The maximum Gasteiger partial charge on any atom is 0.220 e. The summed E-state index contributed by atoms with van der Waals surface area (Å²) in [6, 6.07) is 14.0. The predicted octanol–water partition coefficient (Wildman–Crippen LogP) is 2.41. The van der Waals surface area contributed by atoms with Crippen LogP contribution in [-0.2, 0) is 11.2 Å². The van der Waals surface area contributed by atoms with E-state index >= 15 is 0 Å². The first-order chi connectivity index (χ1) is 8.68. The summed E-state index contributed by atoms with van der Waals surface area (Å²) in [6.45, 7) is 1.83. The van der Waals surface area contributed by atoms with Crippen LogP contribution in [0.3, 0.4) is 0 Å². The maximum absolute atomic E-state index is 11.1. The fourth-order valence-corrected chi connectivity index (χ4v) is 1.87. The molecule has 1 unspecified atom stereocenters. The molecule has 92 valence electrons. The molecule has 0 bridgehead atoms. The van der Waals surface area contributed by atoms with E-state index in [2.05, 4.69) is 4.98 Å². The monoisotopic (exact) mass is 240 g/mol. The van der Waals surface area contributed by atoms with Crippen LogP contribution in [0.1, 0.15) is 12.6 Å². The van der Waals surface area contributed by atoms with Gasteiger partial charge in [-0.1, -0.05) is 43.3 Å². The molecule has 1 atom stereocenters. The lowest BCUT2D eigenvalue weighted by Gasteiger charge is -2.11. The molecule has 1 aromatic heterocycles. The first-order valence-corrected chi connectivity index (χ1v) is 5.97. The normalized spacial score (nSPS) is 12.1. The maximum atomic E-state index is 11.1. The highest BCUT2D eigenvalue weighted by Gasteiger charge is 2.13. The molecule has 0 aliphatic carbocycles. The SMILES string of the molecule is CC(Cc1ncccc1-c1ccccc1)C(N)=O. The third-order valence-electron chi connectivity index (χ3n) is 2.96. The lowest BCUT2D eigenvalue weighted by atomic mass is 9.97. The van der Waals surface area contributed by atoms with Crippen LogP contribution in [0.25, 0.3) is 11.1 Å². The van der Waals surface area contributed by atoms with E-state index in [0.717, 1.165) is 16.8 Å². The summed E-state index contributed by atoms with van der Waals surface area (Å²) in [5.41, 5.74) is 8.39. The molecule has 0 aliphatic rings. The van der Waals surface area contributed by atoms with Crippen molar-refractivity contribution in [1.29, 1.82) is 0 Å². The van der Waals surface area contributed by atoms with Crippen LogP contribution in [-0.4, -0.2) is 10.9 Å².